The van der Waals surface area contributed by atoms with Crippen LogP contribution < -0.4 is 0 Å². The SMILES string of the molecule is CC[C@@]12C=C(C(=O)OCCCCCCO[N+](=O)[O-])n3c4c(c5ccccc53)CCN(CCC1)[C@H]42. The van der Waals surface area contributed by atoms with Crippen LogP contribution in [0.2, 0.25) is 0 Å². The normalized spacial score (nSPS) is 23.3. The standard InChI is InChI=1S/C26H33N3O5/c1-2-26-13-9-14-27-15-12-20-19-10-5-6-11-21(19)28(23(20)24(26)27)22(18-26)25(30)33-16-7-3-4-8-17-34-29(31)32/h5-6,10-11,18,24H,2-4,7-9,12-17H2,1H3/t24-,26+/m1/s1. The Bertz CT molecular complexity index is 1120. The summed E-state index contributed by atoms with van der Waals surface area (Å²) in [6, 6.07) is 8.76. The summed E-state index contributed by atoms with van der Waals surface area (Å²) in [5.41, 5.74) is 4.42. The molecule has 2 aromatic rings. The van der Waals surface area contributed by atoms with Crippen LogP contribution in [-0.2, 0) is 20.8 Å². The van der Waals surface area contributed by atoms with E-state index in [4.69, 9.17) is 4.74 Å². The average molecular weight is 468 g/mol. The first kappa shape index (κ1) is 22.9. The number of carbonyl (C=O) groups is 1. The molecular weight excluding hydrogens is 434 g/mol. The van der Waals surface area contributed by atoms with Crippen molar-refractivity contribution in [1.82, 2.24) is 9.47 Å². The second kappa shape index (κ2) is 9.41. The van der Waals surface area contributed by atoms with Crippen LogP contribution in [-0.4, -0.2) is 46.8 Å². The summed E-state index contributed by atoms with van der Waals surface area (Å²) in [4.78, 5) is 30.6. The minimum atomic E-state index is -0.761. The fourth-order valence-electron chi connectivity index (χ4n) is 6.36. The van der Waals surface area contributed by atoms with E-state index < -0.39 is 5.09 Å². The lowest BCUT2D eigenvalue weighted by molar-refractivity contribution is -0.757. The number of fused-ring (bicyclic) bond motifs is 3. The van der Waals surface area contributed by atoms with Crippen molar-refractivity contribution in [3.8, 4) is 0 Å². The van der Waals surface area contributed by atoms with Crippen molar-refractivity contribution < 1.29 is 19.5 Å². The molecule has 5 rings (SSSR count). The maximum absolute atomic E-state index is 13.4. The Hall–Kier alpha value is -2.87. The summed E-state index contributed by atoms with van der Waals surface area (Å²) in [6.07, 6.45) is 9.49. The van der Waals surface area contributed by atoms with Gasteiger partial charge in [-0.1, -0.05) is 31.5 Å². The summed E-state index contributed by atoms with van der Waals surface area (Å²) >= 11 is 0. The molecule has 0 radical (unpaired) electrons. The second-order valence-electron chi connectivity index (χ2n) is 9.73. The molecule has 0 aliphatic carbocycles. The third-order valence-corrected chi connectivity index (χ3v) is 7.93. The molecule has 0 saturated carbocycles. The van der Waals surface area contributed by atoms with Crippen molar-refractivity contribution in [3.63, 3.8) is 0 Å². The summed E-state index contributed by atoms with van der Waals surface area (Å²) < 4.78 is 7.97. The van der Waals surface area contributed by atoms with Gasteiger partial charge < -0.3 is 14.1 Å². The van der Waals surface area contributed by atoms with Gasteiger partial charge in [-0.05, 0) is 69.2 Å². The fraction of sp³-hybridized carbons (Fsp3) is 0.577. The molecule has 8 heteroatoms. The maximum Gasteiger partial charge on any atom is 0.355 e. The molecule has 3 aliphatic rings. The van der Waals surface area contributed by atoms with Crippen LogP contribution in [0.25, 0.3) is 16.6 Å². The molecule has 3 aliphatic heterocycles. The van der Waals surface area contributed by atoms with Crippen LogP contribution in [0.5, 0.6) is 0 Å². The average Bonchev–Trinajstić information content (AvgIpc) is 3.19. The topological polar surface area (TPSA) is 86.8 Å². The lowest BCUT2D eigenvalue weighted by Gasteiger charge is -2.53. The van der Waals surface area contributed by atoms with Crippen molar-refractivity contribution >= 4 is 22.6 Å². The van der Waals surface area contributed by atoms with Crippen LogP contribution in [0, 0.1) is 15.5 Å². The van der Waals surface area contributed by atoms with Crippen LogP contribution in [0.15, 0.2) is 30.3 Å². The quantitative estimate of drug-likeness (QED) is 0.214. The van der Waals surface area contributed by atoms with Gasteiger partial charge in [-0.25, -0.2) is 4.79 Å². The van der Waals surface area contributed by atoms with E-state index in [1.165, 1.54) is 16.6 Å². The zero-order valence-corrected chi connectivity index (χ0v) is 19.8. The van der Waals surface area contributed by atoms with Crippen LogP contribution >= 0.6 is 0 Å². The van der Waals surface area contributed by atoms with Gasteiger partial charge in [-0.15, -0.1) is 10.1 Å². The van der Waals surface area contributed by atoms with Gasteiger partial charge >= 0.3 is 5.97 Å². The van der Waals surface area contributed by atoms with Crippen LogP contribution in [0.3, 0.4) is 0 Å². The molecule has 4 heterocycles. The molecule has 0 bridgehead atoms. The molecule has 34 heavy (non-hydrogen) atoms. The predicted octanol–water partition coefficient (Wildman–Crippen LogP) is 4.90. The Morgan fingerprint density at radius 1 is 1.18 bits per heavy atom. The summed E-state index contributed by atoms with van der Waals surface area (Å²) in [5, 5.41) is 10.7. The highest BCUT2D eigenvalue weighted by Gasteiger charge is 2.51. The molecule has 182 valence electrons. The van der Waals surface area contributed by atoms with Crippen LogP contribution in [0.1, 0.15) is 69.2 Å². The maximum atomic E-state index is 13.4. The largest absolute Gasteiger partial charge is 0.461 e. The van der Waals surface area contributed by atoms with Crippen molar-refractivity contribution in [2.24, 2.45) is 5.41 Å². The number of hydrogen-bond acceptors (Lipinski definition) is 6. The Morgan fingerprint density at radius 2 is 1.97 bits per heavy atom. The van der Waals surface area contributed by atoms with Gasteiger partial charge in [0.25, 0.3) is 5.09 Å². The van der Waals surface area contributed by atoms with Crippen molar-refractivity contribution in [1.29, 1.82) is 0 Å². The molecule has 8 nitrogen and oxygen atoms in total. The van der Waals surface area contributed by atoms with Crippen molar-refractivity contribution in [2.45, 2.75) is 64.3 Å². The molecule has 0 amide bonds. The third-order valence-electron chi connectivity index (χ3n) is 7.93. The molecular formula is C26H33N3O5. The predicted molar refractivity (Wildman–Crippen MR) is 129 cm³/mol. The van der Waals surface area contributed by atoms with Crippen LogP contribution in [0.4, 0.5) is 0 Å². The Morgan fingerprint density at radius 3 is 2.76 bits per heavy atom. The first-order chi connectivity index (χ1) is 16.6. The summed E-state index contributed by atoms with van der Waals surface area (Å²) in [7, 11) is 0. The minimum absolute atomic E-state index is 0.0385. The lowest BCUT2D eigenvalue weighted by Crippen LogP contribution is -2.51. The highest BCUT2D eigenvalue weighted by Crippen LogP contribution is 2.57. The van der Waals surface area contributed by atoms with Crippen molar-refractivity contribution in [2.75, 3.05) is 26.3 Å². The molecule has 1 saturated heterocycles. The number of unbranched alkanes of at least 4 members (excludes halogenated alkanes) is 3. The number of nitrogens with zero attached hydrogens (tertiary/aromatic N) is 3. The van der Waals surface area contributed by atoms with Gasteiger partial charge in [0.1, 0.15) is 5.70 Å². The van der Waals surface area contributed by atoms with E-state index in [1.807, 2.05) is 6.07 Å². The monoisotopic (exact) mass is 467 g/mol. The fourth-order valence-corrected chi connectivity index (χ4v) is 6.36. The van der Waals surface area contributed by atoms with E-state index in [0.29, 0.717) is 24.8 Å². The number of rotatable bonds is 10. The zero-order valence-electron chi connectivity index (χ0n) is 19.8. The van der Waals surface area contributed by atoms with Gasteiger partial charge in [0, 0.05) is 23.0 Å². The first-order valence-electron chi connectivity index (χ1n) is 12.6. The van der Waals surface area contributed by atoms with E-state index in [-0.39, 0.29) is 18.0 Å². The number of aromatic nitrogens is 1. The van der Waals surface area contributed by atoms with Gasteiger partial charge in [-0.3, -0.25) is 4.90 Å². The highest BCUT2D eigenvalue weighted by atomic mass is 16.9. The Balaban J connectivity index is 1.37. The van der Waals surface area contributed by atoms with Gasteiger partial charge in [0.05, 0.1) is 24.8 Å². The van der Waals surface area contributed by atoms with E-state index >= 15 is 0 Å². The van der Waals surface area contributed by atoms with E-state index in [1.54, 1.807) is 0 Å². The van der Waals surface area contributed by atoms with Crippen molar-refractivity contribution in [3.05, 3.63) is 51.7 Å². The Kier molecular flexibility index (Phi) is 6.34. The molecule has 0 spiro atoms. The number of hydrogen-bond donors (Lipinski definition) is 0. The summed E-state index contributed by atoms with van der Waals surface area (Å²) in [6.45, 7) is 4.91. The zero-order chi connectivity index (χ0) is 23.7. The second-order valence-corrected chi connectivity index (χ2v) is 9.73. The molecule has 1 fully saturated rings. The minimum Gasteiger partial charge on any atom is -0.461 e. The Labute approximate surface area is 199 Å². The molecule has 2 atom stereocenters. The molecule has 1 aromatic heterocycles. The number of piperidine rings is 1. The highest BCUT2D eigenvalue weighted by molar-refractivity contribution is 6.13. The molecule has 1 aromatic carbocycles. The third kappa shape index (κ3) is 3.87. The number of esters is 1. The van der Waals surface area contributed by atoms with Gasteiger partial charge in [0.15, 0.2) is 0 Å². The molecule has 0 unspecified atom stereocenters. The van der Waals surface area contributed by atoms with E-state index in [9.17, 15) is 14.9 Å². The van der Waals surface area contributed by atoms with Gasteiger partial charge in [-0.2, -0.15) is 0 Å². The number of carbonyl (C=O) groups excluding carboxylic acids is 1. The lowest BCUT2D eigenvalue weighted by atomic mass is 9.66. The van der Waals surface area contributed by atoms with Gasteiger partial charge in [0.2, 0.25) is 0 Å². The molecule has 0 N–H and O–H groups in total. The number of para-hydroxylation sites is 1. The smallest absolute Gasteiger partial charge is 0.355 e. The van der Waals surface area contributed by atoms with E-state index in [2.05, 4.69) is 45.5 Å². The number of benzene rings is 1. The first-order valence-corrected chi connectivity index (χ1v) is 12.6. The van der Waals surface area contributed by atoms with E-state index in [0.717, 1.165) is 63.6 Å². The number of ether oxygens (including phenoxy) is 1. The summed E-state index contributed by atoms with van der Waals surface area (Å²) in [5.74, 6) is -0.255.